The lowest BCUT2D eigenvalue weighted by Gasteiger charge is -2.30. The average molecular weight is 845 g/mol. The Balaban J connectivity index is 1.28. The summed E-state index contributed by atoms with van der Waals surface area (Å²) in [5.74, 6) is 0.122. The summed E-state index contributed by atoms with van der Waals surface area (Å²) in [6, 6.07) is 1.95. The Labute approximate surface area is 346 Å². The van der Waals surface area contributed by atoms with Crippen molar-refractivity contribution in [1.82, 2.24) is 35.8 Å². The van der Waals surface area contributed by atoms with Gasteiger partial charge in [0.15, 0.2) is 0 Å². The number of pyridine rings is 1. The summed E-state index contributed by atoms with van der Waals surface area (Å²) in [6.45, 7) is 12.4. The number of imidazole rings is 1. The molecule has 5 N–H and O–H groups in total. The fourth-order valence-electron chi connectivity index (χ4n) is 7.06. The number of halogens is 4. The number of nitrogens with one attached hydrogen (secondary N) is 5. The molecule has 3 heterocycles. The van der Waals surface area contributed by atoms with Crippen LogP contribution in [0.3, 0.4) is 0 Å². The summed E-state index contributed by atoms with van der Waals surface area (Å²) in [7, 11) is 1.24. The number of nitrogens with zero attached hydrogens (tertiary/aromatic N) is 3. The molecular weight excluding hydrogens is 793 g/mol. The number of allylic oxidation sites excluding steroid dienone is 5. The maximum absolute atomic E-state index is 13.7. The van der Waals surface area contributed by atoms with Gasteiger partial charge in [0.1, 0.15) is 17.7 Å². The molecule has 1 fully saturated rings. The maximum atomic E-state index is 13.7. The van der Waals surface area contributed by atoms with E-state index in [4.69, 9.17) is 16.3 Å². The molecule has 59 heavy (non-hydrogen) atoms. The number of likely N-dealkylation sites (tertiary alicyclic amines) is 1. The van der Waals surface area contributed by atoms with E-state index in [2.05, 4.69) is 41.0 Å². The van der Waals surface area contributed by atoms with E-state index in [0.29, 0.717) is 61.8 Å². The van der Waals surface area contributed by atoms with E-state index in [-0.39, 0.29) is 58.0 Å². The number of anilines is 1. The number of ether oxygens (including phenoxy) is 2. The first-order valence-corrected chi connectivity index (χ1v) is 19.9. The molecule has 3 aliphatic rings. The van der Waals surface area contributed by atoms with Gasteiger partial charge in [0.25, 0.3) is 5.91 Å². The number of H-pyrrole nitrogens is 1. The zero-order chi connectivity index (χ0) is 43.2. The minimum Gasteiger partial charge on any atom is -0.453 e. The van der Waals surface area contributed by atoms with Crippen molar-refractivity contribution in [2.24, 2.45) is 17.3 Å². The van der Waals surface area contributed by atoms with Crippen LogP contribution in [0.5, 0.6) is 0 Å². The predicted molar refractivity (Wildman–Crippen MR) is 215 cm³/mol. The molecule has 4 amide bonds. The van der Waals surface area contributed by atoms with Gasteiger partial charge in [-0.2, -0.15) is 0 Å². The van der Waals surface area contributed by atoms with Crippen molar-refractivity contribution in [3.05, 3.63) is 81.7 Å². The fraction of sp³-hybridized carbons (Fsp3) is 0.512. The highest BCUT2D eigenvalue weighted by molar-refractivity contribution is 6.32. The first-order valence-electron chi connectivity index (χ1n) is 19.5. The SMILES string of the molecule is COC(=O)NC(C(=O)N1CC(C)CC1c1ncc(C2=CC=C(C3=CC(Cl)=C(NC(=O)c4ccc(NCCNC(=O)C(C)(C)C)nc4)CC3OC(F)(F)F)CC2)[nH]1)C(C)C. The fourth-order valence-corrected chi connectivity index (χ4v) is 7.30. The summed E-state index contributed by atoms with van der Waals surface area (Å²) >= 11 is 6.60. The van der Waals surface area contributed by atoms with Gasteiger partial charge in [-0.3, -0.25) is 19.1 Å². The number of alkyl halides is 3. The maximum Gasteiger partial charge on any atom is 0.523 e. The molecule has 0 aromatic carbocycles. The molecular formula is C41H52ClF3N8O6. The van der Waals surface area contributed by atoms with Gasteiger partial charge >= 0.3 is 12.5 Å². The van der Waals surface area contributed by atoms with Crippen molar-refractivity contribution < 1.29 is 41.8 Å². The van der Waals surface area contributed by atoms with Crippen LogP contribution in [0.1, 0.15) is 95.1 Å². The van der Waals surface area contributed by atoms with E-state index in [1.165, 1.54) is 25.4 Å². The number of carbonyl (C=O) groups excluding carboxylic acids is 4. The Hall–Kier alpha value is -5.16. The van der Waals surface area contributed by atoms with E-state index in [0.717, 1.165) is 5.57 Å². The van der Waals surface area contributed by atoms with Crippen LogP contribution < -0.4 is 21.3 Å². The first kappa shape index (κ1) is 44.9. The minimum absolute atomic E-state index is 0.0682. The van der Waals surface area contributed by atoms with Crippen molar-refractivity contribution in [2.75, 3.05) is 32.1 Å². The van der Waals surface area contributed by atoms with E-state index in [1.54, 1.807) is 29.3 Å². The molecule has 0 saturated carbocycles. The van der Waals surface area contributed by atoms with E-state index in [1.807, 2.05) is 41.5 Å². The van der Waals surface area contributed by atoms with E-state index in [9.17, 15) is 32.3 Å². The number of methoxy groups -OCH3 is 1. The van der Waals surface area contributed by atoms with Crippen molar-refractivity contribution >= 4 is 46.8 Å². The number of hydrogen-bond acceptors (Lipinski definition) is 9. The van der Waals surface area contributed by atoms with Crippen molar-refractivity contribution in [3.63, 3.8) is 0 Å². The average Bonchev–Trinajstić information content (AvgIpc) is 3.82. The molecule has 1 aliphatic heterocycles. The normalized spacial score (nSPS) is 20.4. The van der Waals surface area contributed by atoms with Gasteiger partial charge in [-0.15, -0.1) is 13.2 Å². The summed E-state index contributed by atoms with van der Waals surface area (Å²) in [6.07, 6.45) is 1.94. The van der Waals surface area contributed by atoms with Gasteiger partial charge in [-0.25, -0.2) is 14.8 Å². The monoisotopic (exact) mass is 844 g/mol. The summed E-state index contributed by atoms with van der Waals surface area (Å²) < 4.78 is 50.5. The van der Waals surface area contributed by atoms with Crippen LogP contribution >= 0.6 is 11.6 Å². The van der Waals surface area contributed by atoms with Gasteiger partial charge in [-0.1, -0.05) is 65.3 Å². The highest BCUT2D eigenvalue weighted by Crippen LogP contribution is 2.40. The van der Waals surface area contributed by atoms with Crippen LogP contribution in [-0.4, -0.2) is 88.9 Å². The van der Waals surface area contributed by atoms with E-state index < -0.39 is 35.9 Å². The molecule has 2 aliphatic carbocycles. The molecule has 18 heteroatoms. The summed E-state index contributed by atoms with van der Waals surface area (Å²) in [4.78, 5) is 64.8. The Morgan fingerprint density at radius 3 is 2.36 bits per heavy atom. The highest BCUT2D eigenvalue weighted by atomic mass is 35.5. The van der Waals surface area contributed by atoms with Crippen LogP contribution in [-0.2, 0) is 19.1 Å². The van der Waals surface area contributed by atoms with Crippen LogP contribution in [0.2, 0.25) is 0 Å². The molecule has 5 rings (SSSR count). The second kappa shape index (κ2) is 18.8. The van der Waals surface area contributed by atoms with Crippen LogP contribution in [0.4, 0.5) is 23.8 Å². The molecule has 0 bridgehead atoms. The number of amides is 4. The Bertz CT molecular complexity index is 2020. The second-order valence-corrected chi connectivity index (χ2v) is 16.7. The van der Waals surface area contributed by atoms with Gasteiger partial charge in [0.05, 0.1) is 41.7 Å². The highest BCUT2D eigenvalue weighted by Gasteiger charge is 2.41. The molecule has 1 saturated heterocycles. The Kier molecular flexibility index (Phi) is 14.3. The standard InChI is InChI=1S/C41H52ClF3N8O6/c1-22(2)34(52-39(57)58-7)37(55)53-21-23(3)16-31(53)35-49-20-30(50-35)25-10-8-24(9-11-25)27-17-28(42)29(18-32(27)59-41(43,44)45)51-36(54)26-12-13-33(48-19-26)46-14-15-47-38(56)40(4,5)6/h8,10,12-13,17,19-20,22-23,31-32,34H,9,11,14-16,18,21H2,1-7H3,(H,46,48)(H,47,56)(H,49,50)(H,51,54)(H,52,57). The molecule has 0 radical (unpaired) electrons. The van der Waals surface area contributed by atoms with Crippen molar-refractivity contribution in [2.45, 2.75) is 91.8 Å². The lowest BCUT2D eigenvalue weighted by molar-refractivity contribution is -0.337. The van der Waals surface area contributed by atoms with Crippen molar-refractivity contribution in [1.29, 1.82) is 0 Å². The molecule has 14 nitrogen and oxygen atoms in total. The van der Waals surface area contributed by atoms with Gasteiger partial charge < -0.3 is 35.9 Å². The van der Waals surface area contributed by atoms with E-state index >= 15 is 0 Å². The molecule has 2 aromatic rings. The minimum atomic E-state index is -4.97. The molecule has 4 unspecified atom stereocenters. The number of aromatic amines is 1. The first-order chi connectivity index (χ1) is 27.7. The number of rotatable bonds is 13. The van der Waals surface area contributed by atoms with Gasteiger partial charge in [-0.05, 0) is 66.0 Å². The molecule has 320 valence electrons. The molecule has 4 atom stereocenters. The lowest BCUT2D eigenvalue weighted by atomic mass is 9.86. The molecule has 2 aromatic heterocycles. The molecule has 0 spiro atoms. The number of alkyl carbamates (subject to hydrolysis) is 1. The van der Waals surface area contributed by atoms with Gasteiger partial charge in [0.2, 0.25) is 11.8 Å². The lowest BCUT2D eigenvalue weighted by Crippen LogP contribution is -2.51. The second-order valence-electron chi connectivity index (χ2n) is 16.3. The Morgan fingerprint density at radius 2 is 1.75 bits per heavy atom. The van der Waals surface area contributed by atoms with Gasteiger partial charge in [0, 0.05) is 43.4 Å². The number of carbonyl (C=O) groups is 4. The van der Waals surface area contributed by atoms with Crippen LogP contribution in [0.25, 0.3) is 5.57 Å². The summed E-state index contributed by atoms with van der Waals surface area (Å²) in [5, 5.41) is 11.2. The third-order valence-corrected chi connectivity index (χ3v) is 10.6. The van der Waals surface area contributed by atoms with Crippen LogP contribution in [0.15, 0.2) is 64.6 Å². The van der Waals surface area contributed by atoms with Crippen LogP contribution in [0, 0.1) is 17.3 Å². The third-order valence-electron chi connectivity index (χ3n) is 10.2. The zero-order valence-corrected chi connectivity index (χ0v) is 34.9. The predicted octanol–water partition coefficient (Wildman–Crippen LogP) is 6.89. The Morgan fingerprint density at radius 1 is 1.03 bits per heavy atom. The number of hydrogen-bond donors (Lipinski definition) is 5. The van der Waals surface area contributed by atoms with Crippen molar-refractivity contribution in [3.8, 4) is 0 Å². The zero-order valence-electron chi connectivity index (χ0n) is 34.2. The number of aromatic nitrogens is 3. The smallest absolute Gasteiger partial charge is 0.453 e. The summed E-state index contributed by atoms with van der Waals surface area (Å²) in [5.41, 5.74) is 2.12. The topological polar surface area (TPSA) is 180 Å². The third kappa shape index (κ3) is 11.7. The largest absolute Gasteiger partial charge is 0.523 e. The quantitative estimate of drug-likeness (QED) is 0.134.